The van der Waals surface area contributed by atoms with Crippen LogP contribution in [0.3, 0.4) is 0 Å². The molecule has 127 heavy (non-hydrogen) atoms. The number of aliphatic hydroxyl groups is 19. The number of rotatable bonds is 12. The number of carbonyl (C=O) groups excluding carboxylic acids is 1. The average molecular weight is 1790 g/mol. The predicted octanol–water partition coefficient (Wildman–Crippen LogP) is 1.73. The Labute approximate surface area is 722 Å². The zero-order valence-electron chi connectivity index (χ0n) is 66.5. The van der Waals surface area contributed by atoms with Crippen molar-refractivity contribution < 1.29 is 174 Å². The van der Waals surface area contributed by atoms with Gasteiger partial charge in [0.15, 0.2) is 59.5 Å². The summed E-state index contributed by atoms with van der Waals surface area (Å²) in [5.41, 5.74) is 10.4. The summed E-state index contributed by atoms with van der Waals surface area (Å²) >= 11 is 7.41. The Hall–Kier alpha value is -11.5. The standard InChI is InChI=1S/C83H89ClN8O35/c1-28-62(99)42(85)24-54(117-28)126-72-32-7-12-46(41(84)17-32)121-50-20-34-19-49(73(50)127-83-71(108)68(105)65(102)53(27-95)125-83)118-36-8-3-29(4-9-36)13-43-74(109)88-58(33-14-37(119-47-18-30(5-11-45(47)98)56(86)75(110)87-43)23-38(15-33)120-81-69(106)66(103)63(100)51(25-93)123-81)77(112)90-59(34)78(113)89-57-31-6-10-44(97)39(16-31)55-40(60(80(115)116-2)91-79(114)61(72)92-76(57)111)21-35(96)22-48(55)122-82-70(107)67(104)64(101)52(26-94)124-82/h3-12,14-23,28,42-43,51-54,56-72,81-83,93-108H,13,24-27,85-86H2,1-2H3,(H,87,110)(H,88,109)(H,89,113)(H,90,112)(H,91,114)(H,92,111). The number of aromatic hydroxyl groups is 3. The Balaban J connectivity index is 1.04. The molecule has 0 spiro atoms. The van der Waals surface area contributed by atoms with Gasteiger partial charge in [0, 0.05) is 47.7 Å². The summed E-state index contributed by atoms with van der Waals surface area (Å²) in [5.74, 6) is -15.1. The molecule has 44 heteroatoms. The minimum absolute atomic E-state index is 0.0468. The van der Waals surface area contributed by atoms with Gasteiger partial charge in [-0.2, -0.15) is 0 Å². The van der Waals surface area contributed by atoms with Crippen LogP contribution < -0.4 is 39.9 Å². The Kier molecular flexibility index (Phi) is 26.4. The van der Waals surface area contributed by atoms with Gasteiger partial charge in [-0.25, -0.2) is 34.7 Å². The fraction of sp³-hybridized carbons (Fsp3) is 0.410. The van der Waals surface area contributed by atoms with E-state index in [1.165, 1.54) is 61.5 Å². The lowest BCUT2D eigenvalue weighted by Gasteiger charge is -2.40. The second kappa shape index (κ2) is 37.1. The summed E-state index contributed by atoms with van der Waals surface area (Å²) in [5, 5.41) is 257. The largest absolute Gasteiger partial charge is 0.508 e. The van der Waals surface area contributed by atoms with E-state index >= 15 is 0 Å². The van der Waals surface area contributed by atoms with Gasteiger partial charge >= 0.3 is 5.97 Å². The predicted molar refractivity (Wildman–Crippen MR) is 436 cm³/mol. The number of methoxy groups -OCH3 is 1. The van der Waals surface area contributed by atoms with Crippen molar-refractivity contribution in [3.8, 4) is 80.1 Å². The number of benzene rings is 7. The highest BCUT2D eigenvalue weighted by Gasteiger charge is 2.50. The zero-order chi connectivity index (χ0) is 90.7. The van der Waals surface area contributed by atoms with Crippen molar-refractivity contribution in [3.63, 3.8) is 0 Å². The molecule has 4 saturated heterocycles. The molecule has 43 nitrogen and oxygen atoms in total. The molecule has 27 atom stereocenters. The molecule has 17 rings (SSSR count). The molecule has 4 fully saturated rings. The molecule has 10 aliphatic rings. The normalized spacial score (nSPS) is 32.7. The maximum atomic E-state index is 14.8. The van der Waals surface area contributed by atoms with E-state index in [0.29, 0.717) is 0 Å². The van der Waals surface area contributed by atoms with Crippen LogP contribution in [0, 0.1) is 0 Å². The van der Waals surface area contributed by atoms with E-state index in [4.69, 9.17) is 89.9 Å². The van der Waals surface area contributed by atoms with Crippen molar-refractivity contribution in [1.29, 1.82) is 0 Å². The second-order valence-corrected chi connectivity index (χ2v) is 31.4. The summed E-state index contributed by atoms with van der Waals surface area (Å²) < 4.78 is 74.4. The summed E-state index contributed by atoms with van der Waals surface area (Å²) in [6.45, 7) is -1.46. The first kappa shape index (κ1) is 90.3. The molecule has 678 valence electrons. The SMILES string of the molecule is COC(=O)C1N=C(O)C2N=C(O)C(N=C(O)C3N=C(O)C4N=C(O)C(Cc5ccc(cc5)Oc5cc3cc(c5OC3OC(CO)C(O)C(O)C3O)Oc3ccc(cc3Cl)C2OC2CC(N)C(O)C(C)O2)N=C(O)C(N)c2ccc(O)c(c2)Oc2cc(OC3OC(CO)C(O)C(O)C3O)cc4c2)c2ccc(O)c(c2)-c2c(OC3OC(CO)C(O)C(O)C3O)cc(O)cc21. The van der Waals surface area contributed by atoms with Crippen LogP contribution >= 0.6 is 11.6 Å². The highest BCUT2D eigenvalue weighted by Crippen LogP contribution is 2.52. The van der Waals surface area contributed by atoms with Gasteiger partial charge in [0.1, 0.15) is 132 Å². The highest BCUT2D eigenvalue weighted by molar-refractivity contribution is 6.32. The highest BCUT2D eigenvalue weighted by atomic mass is 35.5. The van der Waals surface area contributed by atoms with Gasteiger partial charge in [0.25, 0.3) is 0 Å². The molecule has 10 aliphatic heterocycles. The summed E-state index contributed by atoms with van der Waals surface area (Å²) in [7, 11) is 0.898. The Morgan fingerprint density at radius 2 is 1.02 bits per heavy atom. The number of phenolic OH excluding ortho intramolecular Hbond substituents is 3. The van der Waals surface area contributed by atoms with Crippen LogP contribution in [0.2, 0.25) is 5.02 Å². The smallest absolute Gasteiger partial charge is 0.335 e. The third kappa shape index (κ3) is 18.3. The molecule has 7 aromatic carbocycles. The van der Waals surface area contributed by atoms with Gasteiger partial charge < -0.3 is 181 Å². The van der Waals surface area contributed by atoms with E-state index in [2.05, 4.69) is 20.0 Å². The Morgan fingerprint density at radius 1 is 0.472 bits per heavy atom. The van der Waals surface area contributed by atoms with Gasteiger partial charge in [-0.05, 0) is 119 Å². The Morgan fingerprint density at radius 3 is 1.62 bits per heavy atom. The number of nitrogens with zero attached hydrogens (tertiary/aromatic N) is 6. The van der Waals surface area contributed by atoms with Gasteiger partial charge in [-0.3, -0.25) is 0 Å². The number of fused-ring (bicyclic) bond motifs is 12. The third-order valence-electron chi connectivity index (χ3n) is 22.5. The fourth-order valence-corrected chi connectivity index (χ4v) is 15.8. The number of aliphatic imine (C=N–C) groups is 6. The van der Waals surface area contributed by atoms with Crippen molar-refractivity contribution in [2.24, 2.45) is 41.4 Å². The number of hydrogen-bond donors (Lipinski definition) is 24. The number of halogens is 1. The number of nitrogens with two attached hydrogens (primary N) is 2. The lowest BCUT2D eigenvalue weighted by molar-refractivity contribution is -0.277. The van der Waals surface area contributed by atoms with Crippen LogP contribution in [0.1, 0.15) is 88.6 Å². The second-order valence-electron chi connectivity index (χ2n) is 31.0. The minimum Gasteiger partial charge on any atom is -0.508 e. The number of aliphatic hydroxyl groups excluding tert-OH is 19. The Bertz CT molecular complexity index is 5440. The zero-order valence-corrected chi connectivity index (χ0v) is 67.3. The van der Waals surface area contributed by atoms with Crippen molar-refractivity contribution >= 4 is 53.0 Å². The van der Waals surface area contributed by atoms with Gasteiger partial charge in [0.05, 0.1) is 44.2 Å². The van der Waals surface area contributed by atoms with Crippen molar-refractivity contribution in [2.75, 3.05) is 26.9 Å². The number of esters is 1. The lowest BCUT2D eigenvalue weighted by atomic mass is 9.90. The minimum atomic E-state index is -2.47. The molecule has 10 heterocycles. The van der Waals surface area contributed by atoms with Crippen LogP contribution in [0.25, 0.3) is 11.1 Å². The van der Waals surface area contributed by atoms with Crippen LogP contribution in [0.4, 0.5) is 0 Å². The number of carbonyl (C=O) groups is 1. The molecular formula is C83H89ClN8O35. The molecule has 0 amide bonds. The molecule has 27 unspecified atom stereocenters. The molecule has 26 N–H and O–H groups in total. The number of phenols is 3. The van der Waals surface area contributed by atoms with Crippen LogP contribution in [-0.2, 0) is 39.6 Å². The third-order valence-corrected chi connectivity index (χ3v) is 22.8. The van der Waals surface area contributed by atoms with Gasteiger partial charge in [-0.1, -0.05) is 41.9 Å². The average Bonchev–Trinajstić information content (AvgIpc) is 0.756. The maximum Gasteiger partial charge on any atom is 0.335 e. The van der Waals surface area contributed by atoms with Crippen LogP contribution in [0.15, 0.2) is 151 Å². The summed E-state index contributed by atoms with van der Waals surface area (Å²) in [6.07, 6.45) is -36.4. The van der Waals surface area contributed by atoms with E-state index in [0.717, 1.165) is 73.8 Å². The van der Waals surface area contributed by atoms with E-state index in [9.17, 15) is 117 Å². The topological polar surface area (TPSA) is 699 Å². The molecule has 0 saturated carbocycles. The van der Waals surface area contributed by atoms with Crippen molar-refractivity contribution in [3.05, 3.63) is 165 Å². The first-order valence-electron chi connectivity index (χ1n) is 39.5. The van der Waals surface area contributed by atoms with Crippen molar-refractivity contribution in [2.45, 2.75) is 185 Å². The number of ether oxygens (including phenoxy) is 12. The molecule has 0 aromatic heterocycles. The molecule has 0 radical (unpaired) electrons. The quantitative estimate of drug-likeness (QED) is 0.0775. The monoisotopic (exact) mass is 1790 g/mol. The van der Waals surface area contributed by atoms with Gasteiger partial charge in [-0.15, -0.1) is 0 Å². The lowest BCUT2D eigenvalue weighted by Crippen LogP contribution is -2.60. The maximum absolute atomic E-state index is 14.8. The van der Waals surface area contributed by atoms with E-state index < -0.39 is 323 Å². The fourth-order valence-electron chi connectivity index (χ4n) is 15.6. The number of hydrogen-bond acceptors (Lipinski definition) is 37. The van der Waals surface area contributed by atoms with Gasteiger partial charge in [0.2, 0.25) is 60.0 Å². The first-order valence-corrected chi connectivity index (χ1v) is 39.8. The van der Waals surface area contributed by atoms with E-state index in [1.807, 2.05) is 0 Å². The molecule has 0 aliphatic carbocycles. The molecule has 17 bridgehead atoms. The van der Waals surface area contributed by atoms with E-state index in [-0.39, 0.29) is 40.4 Å². The summed E-state index contributed by atoms with van der Waals surface area (Å²) in [6, 6.07) is 7.06. The molecule has 7 aromatic rings. The van der Waals surface area contributed by atoms with Crippen molar-refractivity contribution in [1.82, 2.24) is 0 Å². The van der Waals surface area contributed by atoms with Crippen LogP contribution in [0.5, 0.6) is 69.0 Å². The first-order chi connectivity index (χ1) is 60.6. The van der Waals surface area contributed by atoms with E-state index in [1.54, 1.807) is 0 Å². The summed E-state index contributed by atoms with van der Waals surface area (Å²) in [4.78, 5) is 42.4. The van der Waals surface area contributed by atoms with Crippen LogP contribution in [-0.4, -0.2) is 309 Å². The molecular weight excluding hydrogens is 1700 g/mol.